The highest BCUT2D eigenvalue weighted by molar-refractivity contribution is 7.10. The number of hydrogen-bond acceptors (Lipinski definition) is 7. The zero-order valence-corrected chi connectivity index (χ0v) is 20.2. The first-order valence-corrected chi connectivity index (χ1v) is 11.8. The van der Waals surface area contributed by atoms with Crippen LogP contribution in [0.3, 0.4) is 0 Å². The smallest absolute Gasteiger partial charge is 0.327 e. The quantitative estimate of drug-likeness (QED) is 0.493. The molecular formula is C26H24N2O6S. The van der Waals surface area contributed by atoms with Crippen LogP contribution in [0.15, 0.2) is 52.3 Å². The largest absolute Gasteiger partial charge is 0.480 e. The number of rotatable bonds is 7. The minimum atomic E-state index is -1.30. The van der Waals surface area contributed by atoms with Crippen molar-refractivity contribution in [1.29, 1.82) is 5.26 Å². The van der Waals surface area contributed by atoms with Crippen molar-refractivity contribution < 1.29 is 28.6 Å². The standard InChI is InChI=1S/C26H24N2O6S/c1-14-10-11-35-25(14)21-20(24(30)18-9-4-15(2)34-18)22(17-7-5-16(12-27)6-8-17)28(19(29)13-33-3)23(21)26(31)32/h4-11,20-23H,13H2,1-3H3,(H,31,32). The zero-order chi connectivity index (χ0) is 25.3. The molecule has 4 unspecified atom stereocenters. The Morgan fingerprint density at radius 3 is 2.37 bits per heavy atom. The molecule has 1 aromatic carbocycles. The molecular weight excluding hydrogens is 468 g/mol. The van der Waals surface area contributed by atoms with E-state index >= 15 is 0 Å². The van der Waals surface area contributed by atoms with Gasteiger partial charge >= 0.3 is 5.97 Å². The number of aryl methyl sites for hydroxylation is 2. The Morgan fingerprint density at radius 1 is 1.14 bits per heavy atom. The summed E-state index contributed by atoms with van der Waals surface area (Å²) in [6.07, 6.45) is 0. The maximum absolute atomic E-state index is 14.0. The van der Waals surface area contributed by atoms with Gasteiger partial charge in [-0.25, -0.2) is 4.79 Å². The average Bonchev–Trinajstić information content (AvgIpc) is 3.55. The number of methoxy groups -OCH3 is 1. The van der Waals surface area contributed by atoms with E-state index in [4.69, 9.17) is 9.15 Å². The molecule has 2 aromatic heterocycles. The Balaban J connectivity index is 1.98. The van der Waals surface area contributed by atoms with Crippen molar-refractivity contribution in [3.05, 3.63) is 80.9 Å². The van der Waals surface area contributed by atoms with E-state index in [9.17, 15) is 24.8 Å². The SMILES string of the molecule is COCC(=O)N1C(C(=O)O)C(c2sccc2C)C(C(=O)c2ccc(C)o2)C1c1ccc(C#N)cc1. The van der Waals surface area contributed by atoms with Gasteiger partial charge in [0.1, 0.15) is 18.4 Å². The van der Waals surface area contributed by atoms with Crippen LogP contribution in [0.4, 0.5) is 0 Å². The molecule has 0 saturated carbocycles. The van der Waals surface area contributed by atoms with Gasteiger partial charge in [-0.1, -0.05) is 12.1 Å². The van der Waals surface area contributed by atoms with E-state index in [0.717, 1.165) is 10.4 Å². The predicted molar refractivity (Wildman–Crippen MR) is 127 cm³/mol. The molecule has 1 N–H and O–H groups in total. The van der Waals surface area contributed by atoms with Crippen molar-refractivity contribution in [2.75, 3.05) is 13.7 Å². The summed E-state index contributed by atoms with van der Waals surface area (Å²) in [5.41, 5.74) is 1.81. The minimum Gasteiger partial charge on any atom is -0.480 e. The molecule has 0 aliphatic carbocycles. The van der Waals surface area contributed by atoms with E-state index in [1.54, 1.807) is 43.3 Å². The maximum Gasteiger partial charge on any atom is 0.327 e. The third-order valence-corrected chi connectivity index (χ3v) is 7.47. The van der Waals surface area contributed by atoms with Crippen LogP contribution in [0.25, 0.3) is 0 Å². The Kier molecular flexibility index (Phi) is 6.87. The van der Waals surface area contributed by atoms with Crippen LogP contribution in [0.5, 0.6) is 0 Å². The summed E-state index contributed by atoms with van der Waals surface area (Å²) in [6.45, 7) is 3.24. The minimum absolute atomic E-state index is 0.107. The number of ketones is 1. The van der Waals surface area contributed by atoms with Crippen LogP contribution >= 0.6 is 11.3 Å². The molecule has 3 aromatic rings. The Bertz CT molecular complexity index is 1300. The van der Waals surface area contributed by atoms with E-state index in [1.165, 1.54) is 23.3 Å². The van der Waals surface area contributed by atoms with Gasteiger partial charge in [-0.2, -0.15) is 5.26 Å². The van der Waals surface area contributed by atoms with Crippen LogP contribution in [0, 0.1) is 31.1 Å². The molecule has 1 saturated heterocycles. The fraction of sp³-hybridized carbons (Fsp3) is 0.308. The molecule has 180 valence electrons. The van der Waals surface area contributed by atoms with Crippen LogP contribution in [-0.4, -0.2) is 47.4 Å². The number of likely N-dealkylation sites (tertiary alicyclic amines) is 1. The van der Waals surface area contributed by atoms with Crippen LogP contribution in [0.1, 0.15) is 49.8 Å². The predicted octanol–water partition coefficient (Wildman–Crippen LogP) is 4.10. The third-order valence-electron chi connectivity index (χ3n) is 6.35. The summed E-state index contributed by atoms with van der Waals surface area (Å²) in [7, 11) is 1.36. The van der Waals surface area contributed by atoms with Crippen LogP contribution < -0.4 is 0 Å². The number of furan rings is 1. The van der Waals surface area contributed by atoms with Crippen LogP contribution in [-0.2, 0) is 14.3 Å². The lowest BCUT2D eigenvalue weighted by atomic mass is 9.79. The zero-order valence-electron chi connectivity index (χ0n) is 19.4. The molecule has 0 spiro atoms. The van der Waals surface area contributed by atoms with Gasteiger partial charge in [-0.05, 0) is 60.7 Å². The lowest BCUT2D eigenvalue weighted by Crippen LogP contribution is -2.45. The summed E-state index contributed by atoms with van der Waals surface area (Å²) in [5, 5.41) is 21.5. The number of carbonyl (C=O) groups is 3. The topological polar surface area (TPSA) is 121 Å². The average molecular weight is 493 g/mol. The molecule has 4 atom stereocenters. The monoisotopic (exact) mass is 492 g/mol. The molecule has 4 rings (SSSR count). The van der Waals surface area contributed by atoms with Crippen molar-refractivity contribution in [1.82, 2.24) is 4.90 Å². The molecule has 3 heterocycles. The van der Waals surface area contributed by atoms with E-state index < -0.39 is 35.8 Å². The van der Waals surface area contributed by atoms with Crippen molar-refractivity contribution in [2.24, 2.45) is 5.92 Å². The van der Waals surface area contributed by atoms with Gasteiger partial charge in [0.2, 0.25) is 11.7 Å². The first kappa shape index (κ1) is 24.4. The number of hydrogen-bond donors (Lipinski definition) is 1. The Morgan fingerprint density at radius 2 is 1.86 bits per heavy atom. The van der Waals surface area contributed by atoms with Crippen molar-refractivity contribution in [3.8, 4) is 6.07 Å². The van der Waals surface area contributed by atoms with Crippen molar-refractivity contribution in [3.63, 3.8) is 0 Å². The number of carboxylic acid groups (broad SMARTS) is 1. The molecule has 1 amide bonds. The molecule has 0 bridgehead atoms. The number of nitriles is 1. The molecule has 35 heavy (non-hydrogen) atoms. The molecule has 0 radical (unpaired) electrons. The number of benzene rings is 1. The summed E-state index contributed by atoms with van der Waals surface area (Å²) >= 11 is 1.36. The number of ether oxygens (including phenoxy) is 1. The van der Waals surface area contributed by atoms with Crippen molar-refractivity contribution in [2.45, 2.75) is 31.8 Å². The second-order valence-corrected chi connectivity index (χ2v) is 9.44. The van der Waals surface area contributed by atoms with Gasteiger partial charge in [-0.15, -0.1) is 11.3 Å². The normalized spacial score (nSPS) is 21.6. The van der Waals surface area contributed by atoms with Gasteiger partial charge in [-0.3, -0.25) is 9.59 Å². The molecule has 8 nitrogen and oxygen atoms in total. The number of thiophene rings is 1. The van der Waals surface area contributed by atoms with Gasteiger partial charge < -0.3 is 19.2 Å². The van der Waals surface area contributed by atoms with Gasteiger partial charge in [0.25, 0.3) is 0 Å². The second-order valence-electron chi connectivity index (χ2n) is 8.49. The highest BCUT2D eigenvalue weighted by atomic mass is 32.1. The Hall–Kier alpha value is -3.74. The molecule has 9 heteroatoms. The summed E-state index contributed by atoms with van der Waals surface area (Å²) in [4.78, 5) is 42.0. The lowest BCUT2D eigenvalue weighted by Gasteiger charge is -2.30. The number of Topliss-reactive ketones (excluding diaryl/α,β-unsaturated/α-hetero) is 1. The first-order valence-electron chi connectivity index (χ1n) is 11.0. The van der Waals surface area contributed by atoms with Crippen molar-refractivity contribution >= 4 is 29.0 Å². The maximum atomic E-state index is 14.0. The first-order chi connectivity index (χ1) is 16.8. The van der Waals surface area contributed by atoms with Crippen LogP contribution in [0.2, 0.25) is 0 Å². The van der Waals surface area contributed by atoms with Gasteiger partial charge in [0, 0.05) is 17.9 Å². The Labute approximate surface area is 206 Å². The van der Waals surface area contributed by atoms with Gasteiger partial charge in [0.15, 0.2) is 5.76 Å². The number of aliphatic carboxylic acids is 1. The number of carbonyl (C=O) groups excluding carboxylic acids is 2. The highest BCUT2D eigenvalue weighted by Gasteiger charge is 2.58. The molecule has 1 fully saturated rings. The lowest BCUT2D eigenvalue weighted by molar-refractivity contribution is -0.151. The third kappa shape index (κ3) is 4.38. The van der Waals surface area contributed by atoms with E-state index in [2.05, 4.69) is 6.07 Å². The van der Waals surface area contributed by atoms with Gasteiger partial charge in [0.05, 0.1) is 23.6 Å². The molecule has 1 aliphatic heterocycles. The summed E-state index contributed by atoms with van der Waals surface area (Å²) in [5.74, 6) is -3.23. The number of nitrogens with zero attached hydrogens (tertiary/aromatic N) is 2. The molecule has 1 aliphatic rings. The van der Waals surface area contributed by atoms with E-state index in [0.29, 0.717) is 16.9 Å². The summed E-state index contributed by atoms with van der Waals surface area (Å²) < 4.78 is 10.7. The fourth-order valence-electron chi connectivity index (χ4n) is 4.89. The fourth-order valence-corrected chi connectivity index (χ4v) is 5.99. The van der Waals surface area contributed by atoms with E-state index in [1.807, 2.05) is 18.4 Å². The second kappa shape index (κ2) is 9.86. The summed E-state index contributed by atoms with van der Waals surface area (Å²) in [6, 6.07) is 11.5. The highest BCUT2D eigenvalue weighted by Crippen LogP contribution is 2.53. The van der Waals surface area contributed by atoms with E-state index in [-0.39, 0.29) is 18.2 Å². The number of amides is 1. The number of carboxylic acids is 1.